The maximum atomic E-state index is 12.4. The van der Waals surface area contributed by atoms with Crippen molar-refractivity contribution in [1.82, 2.24) is 40.9 Å². The second kappa shape index (κ2) is 9.94. The monoisotopic (exact) mass is 457 g/mol. The van der Waals surface area contributed by atoms with E-state index in [1.165, 1.54) is 18.3 Å². The van der Waals surface area contributed by atoms with Crippen LogP contribution in [-0.2, 0) is 22.4 Å². The number of H-pyrrole nitrogens is 2. The molecule has 33 heavy (non-hydrogen) atoms. The molecule has 16 heteroatoms. The van der Waals surface area contributed by atoms with Gasteiger partial charge in [-0.3, -0.25) is 19.4 Å². The van der Waals surface area contributed by atoms with Crippen molar-refractivity contribution < 1.29 is 19.5 Å². The van der Waals surface area contributed by atoms with Gasteiger partial charge in [-0.05, 0) is 18.6 Å². The molecule has 0 aliphatic rings. The van der Waals surface area contributed by atoms with Crippen molar-refractivity contribution in [2.24, 2.45) is 0 Å². The molecule has 3 aromatic rings. The summed E-state index contributed by atoms with van der Waals surface area (Å²) in [4.78, 5) is 57.7. The largest absolute Gasteiger partial charge is 0.480 e. The van der Waals surface area contributed by atoms with E-state index < -0.39 is 29.4 Å². The average molecular weight is 457 g/mol. The molecule has 1 atom stereocenters. The van der Waals surface area contributed by atoms with Gasteiger partial charge in [-0.1, -0.05) is 5.21 Å². The van der Waals surface area contributed by atoms with Gasteiger partial charge in [-0.25, -0.2) is 9.78 Å². The summed E-state index contributed by atoms with van der Waals surface area (Å²) in [6.07, 6.45) is 1.06. The Labute approximate surface area is 184 Å². The number of anilines is 3. The lowest BCUT2D eigenvalue weighted by atomic mass is 10.1. The third-order valence-electron chi connectivity index (χ3n) is 4.33. The van der Waals surface area contributed by atoms with Gasteiger partial charge in [0.2, 0.25) is 11.9 Å². The van der Waals surface area contributed by atoms with Crippen molar-refractivity contribution in [3.63, 3.8) is 0 Å². The van der Waals surface area contributed by atoms with Crippen molar-refractivity contribution >= 4 is 35.2 Å². The second-order valence-electron chi connectivity index (χ2n) is 6.70. The molecule has 3 heterocycles. The smallest absolute Gasteiger partial charge is 0.326 e. The number of carbonyl (C=O) groups is 3. The summed E-state index contributed by atoms with van der Waals surface area (Å²) >= 11 is 0. The number of aryl methyl sites for hydroxylation is 1. The number of hydrogen-bond acceptors (Lipinski definition) is 11. The van der Waals surface area contributed by atoms with Gasteiger partial charge >= 0.3 is 5.97 Å². The first-order valence-corrected chi connectivity index (χ1v) is 9.39. The van der Waals surface area contributed by atoms with E-state index in [4.69, 9.17) is 11.5 Å². The fraction of sp³-hybridized carbons (Fsp3) is 0.235. The van der Waals surface area contributed by atoms with Gasteiger partial charge in [-0.2, -0.15) is 10.2 Å². The van der Waals surface area contributed by atoms with Gasteiger partial charge in [0.1, 0.15) is 17.6 Å². The highest BCUT2D eigenvalue weighted by Gasteiger charge is 2.22. The number of hydrogen-bond donors (Lipinski definition) is 7. The predicted molar refractivity (Wildman–Crippen MR) is 112 cm³/mol. The standard InChI is InChI=1S/C17H19N11O5/c18-13-8(14(30)24-17(19)23-13)5-12(29)21-7-1-2-9(20-6-7)15(31)22-10(16(32)33)3-4-11-25-27-28-26-11/h1-2,6,10H,3-5H2,(H,21,29)(H,22,31)(H,32,33)(H,25,26,27,28)(H5,18,19,23,24,30)/t10-/m0/s1. The van der Waals surface area contributed by atoms with E-state index in [0.717, 1.165) is 0 Å². The number of tetrazole rings is 1. The van der Waals surface area contributed by atoms with Gasteiger partial charge < -0.3 is 27.2 Å². The van der Waals surface area contributed by atoms with Gasteiger partial charge in [0, 0.05) is 6.42 Å². The zero-order chi connectivity index (χ0) is 24.0. The highest BCUT2D eigenvalue weighted by Crippen LogP contribution is 2.10. The number of nitrogens with two attached hydrogens (primary N) is 2. The van der Waals surface area contributed by atoms with Crippen molar-refractivity contribution in [3.8, 4) is 0 Å². The second-order valence-corrected chi connectivity index (χ2v) is 6.70. The molecule has 0 saturated heterocycles. The van der Waals surface area contributed by atoms with Gasteiger partial charge in [0.15, 0.2) is 5.82 Å². The predicted octanol–water partition coefficient (Wildman–Crippen LogP) is -2.16. The van der Waals surface area contributed by atoms with Crippen LogP contribution in [0.5, 0.6) is 0 Å². The molecule has 0 aliphatic carbocycles. The highest BCUT2D eigenvalue weighted by molar-refractivity contribution is 5.96. The number of carboxylic acid groups (broad SMARTS) is 1. The number of aliphatic carboxylic acids is 1. The number of amides is 2. The summed E-state index contributed by atoms with van der Waals surface area (Å²) in [5.41, 5.74) is 10.5. The Balaban J connectivity index is 1.58. The molecule has 0 bridgehead atoms. The molecule has 3 aromatic heterocycles. The molecule has 3 rings (SSSR count). The van der Waals surface area contributed by atoms with Crippen molar-refractivity contribution in [2.75, 3.05) is 16.8 Å². The van der Waals surface area contributed by atoms with Gasteiger partial charge in [0.05, 0.1) is 23.9 Å². The normalized spacial score (nSPS) is 11.5. The first-order chi connectivity index (χ1) is 15.7. The summed E-state index contributed by atoms with van der Waals surface area (Å²) < 4.78 is 0. The summed E-state index contributed by atoms with van der Waals surface area (Å²) in [5.74, 6) is -2.55. The maximum absolute atomic E-state index is 12.4. The van der Waals surface area contributed by atoms with Gasteiger partial charge in [0.25, 0.3) is 11.5 Å². The Bertz CT molecular complexity index is 1210. The molecule has 0 unspecified atom stereocenters. The number of nitrogens with zero attached hydrogens (tertiary/aromatic N) is 5. The number of aromatic amines is 2. The van der Waals surface area contributed by atoms with Crippen LogP contribution in [0.3, 0.4) is 0 Å². The SMILES string of the molecule is Nc1nc(N)c(CC(=O)Nc2ccc(C(=O)N[C@@H](CCc3nn[nH]n3)C(=O)O)nc2)c(=O)[nH]1. The minimum atomic E-state index is -1.23. The number of aromatic nitrogens is 7. The zero-order valence-corrected chi connectivity index (χ0v) is 16.9. The van der Waals surface area contributed by atoms with E-state index in [0.29, 0.717) is 5.82 Å². The molecule has 9 N–H and O–H groups in total. The number of pyridine rings is 1. The minimum Gasteiger partial charge on any atom is -0.480 e. The Kier molecular flexibility index (Phi) is 6.87. The van der Waals surface area contributed by atoms with E-state index >= 15 is 0 Å². The molecule has 0 radical (unpaired) electrons. The molecule has 2 amide bonds. The Hall–Kier alpha value is -4.89. The van der Waals surface area contributed by atoms with E-state index in [1.54, 1.807) is 0 Å². The molecular formula is C17H19N11O5. The third-order valence-corrected chi connectivity index (χ3v) is 4.33. The summed E-state index contributed by atoms with van der Waals surface area (Å²) in [6.45, 7) is 0. The van der Waals surface area contributed by atoms with Crippen LogP contribution in [0.15, 0.2) is 23.1 Å². The van der Waals surface area contributed by atoms with Gasteiger partial charge in [-0.15, -0.1) is 10.2 Å². The van der Waals surface area contributed by atoms with Crippen LogP contribution in [0.1, 0.15) is 28.3 Å². The minimum absolute atomic E-state index is 0.0387. The number of carbonyl (C=O) groups excluding carboxylic acids is 2. The molecule has 172 valence electrons. The summed E-state index contributed by atoms with van der Waals surface area (Å²) in [6, 6.07) is 1.49. The van der Waals surface area contributed by atoms with Crippen molar-refractivity contribution in [1.29, 1.82) is 0 Å². The Morgan fingerprint density at radius 1 is 1.21 bits per heavy atom. The first-order valence-electron chi connectivity index (χ1n) is 9.39. The number of carboxylic acids is 1. The zero-order valence-electron chi connectivity index (χ0n) is 16.9. The fourth-order valence-electron chi connectivity index (χ4n) is 2.72. The topological polar surface area (TPSA) is 261 Å². The lowest BCUT2D eigenvalue weighted by Crippen LogP contribution is -2.41. The lowest BCUT2D eigenvalue weighted by Gasteiger charge is -2.13. The summed E-state index contributed by atoms with van der Waals surface area (Å²) in [7, 11) is 0. The third kappa shape index (κ3) is 6.06. The highest BCUT2D eigenvalue weighted by atomic mass is 16.4. The average Bonchev–Trinajstić information content (AvgIpc) is 3.27. The van der Waals surface area contributed by atoms with E-state index in [-0.39, 0.29) is 48.0 Å². The van der Waals surface area contributed by atoms with Crippen LogP contribution < -0.4 is 27.7 Å². The first kappa shape index (κ1) is 22.8. The van der Waals surface area contributed by atoms with Crippen molar-refractivity contribution in [3.05, 3.63) is 45.8 Å². The molecular weight excluding hydrogens is 438 g/mol. The fourth-order valence-corrected chi connectivity index (χ4v) is 2.72. The molecule has 0 saturated carbocycles. The van der Waals surface area contributed by atoms with Crippen LogP contribution in [0, 0.1) is 0 Å². The summed E-state index contributed by atoms with van der Waals surface area (Å²) in [5, 5.41) is 27.3. The Morgan fingerprint density at radius 2 is 2.00 bits per heavy atom. The maximum Gasteiger partial charge on any atom is 0.326 e. The van der Waals surface area contributed by atoms with E-state index in [2.05, 4.69) is 46.2 Å². The van der Waals surface area contributed by atoms with E-state index in [1.807, 2.05) is 0 Å². The molecule has 0 spiro atoms. The van der Waals surface area contributed by atoms with Crippen LogP contribution in [-0.4, -0.2) is 64.5 Å². The number of rotatable bonds is 9. The Morgan fingerprint density at radius 3 is 2.61 bits per heavy atom. The van der Waals surface area contributed by atoms with Crippen LogP contribution in [0.4, 0.5) is 17.5 Å². The number of nitrogen functional groups attached to an aromatic ring is 2. The van der Waals surface area contributed by atoms with E-state index in [9.17, 15) is 24.3 Å². The van der Waals surface area contributed by atoms with Crippen molar-refractivity contribution in [2.45, 2.75) is 25.3 Å². The molecule has 16 nitrogen and oxygen atoms in total. The quantitative estimate of drug-likeness (QED) is 0.181. The number of nitrogens with one attached hydrogen (secondary N) is 4. The van der Waals surface area contributed by atoms with Crippen LogP contribution in [0.2, 0.25) is 0 Å². The molecule has 0 fully saturated rings. The molecule has 0 aromatic carbocycles. The van der Waals surface area contributed by atoms with Crippen LogP contribution in [0.25, 0.3) is 0 Å². The molecule has 0 aliphatic heterocycles. The van der Waals surface area contributed by atoms with Crippen LogP contribution >= 0.6 is 0 Å². The lowest BCUT2D eigenvalue weighted by molar-refractivity contribution is -0.139.